The van der Waals surface area contributed by atoms with Gasteiger partial charge >= 0.3 is 0 Å². The molecule has 7 heteroatoms. The van der Waals surface area contributed by atoms with Crippen LogP contribution in [0.15, 0.2) is 60.9 Å². The molecule has 0 unspecified atom stereocenters. The van der Waals surface area contributed by atoms with Crippen molar-refractivity contribution in [2.24, 2.45) is 5.73 Å². The molecule has 4 rings (SSSR count). The molecule has 4 N–H and O–H groups in total. The quantitative estimate of drug-likeness (QED) is 0.546. The van der Waals surface area contributed by atoms with Gasteiger partial charge in [0, 0.05) is 24.6 Å². The van der Waals surface area contributed by atoms with Gasteiger partial charge in [0.05, 0.1) is 23.8 Å². The Bertz CT molecular complexity index is 1040. The number of aryl methyl sites for hydroxylation is 1. The number of rotatable bonds is 7. The summed E-state index contributed by atoms with van der Waals surface area (Å²) in [4.78, 5) is 20.1. The highest BCUT2D eigenvalue weighted by Crippen LogP contribution is 2.32. The summed E-state index contributed by atoms with van der Waals surface area (Å²) in [6.45, 7) is 5.52. The van der Waals surface area contributed by atoms with Crippen molar-refractivity contribution in [2.75, 3.05) is 18.4 Å². The lowest BCUT2D eigenvalue weighted by Crippen LogP contribution is -2.43. The summed E-state index contributed by atoms with van der Waals surface area (Å²) in [7, 11) is 0. The first-order valence-corrected chi connectivity index (χ1v) is 10.4. The van der Waals surface area contributed by atoms with Gasteiger partial charge in [-0.2, -0.15) is 0 Å². The smallest absolute Gasteiger partial charge is 0.250 e. The van der Waals surface area contributed by atoms with E-state index in [0.29, 0.717) is 29.6 Å². The third-order valence-electron chi connectivity index (χ3n) is 5.57. The molecular formula is C24H27N5O2. The molecule has 3 aromatic rings. The summed E-state index contributed by atoms with van der Waals surface area (Å²) in [5.41, 5.74) is 9.74. The summed E-state index contributed by atoms with van der Waals surface area (Å²) in [6, 6.07) is 16.1. The molecule has 0 fully saturated rings. The van der Waals surface area contributed by atoms with Crippen molar-refractivity contribution < 1.29 is 9.53 Å². The molecule has 31 heavy (non-hydrogen) atoms. The molecule has 0 aliphatic carbocycles. The van der Waals surface area contributed by atoms with Crippen LogP contribution >= 0.6 is 0 Å². The van der Waals surface area contributed by atoms with Crippen molar-refractivity contribution in [3.63, 3.8) is 0 Å². The van der Waals surface area contributed by atoms with E-state index >= 15 is 0 Å². The number of fused-ring (bicyclic) bond motifs is 1. The molecule has 7 nitrogen and oxygen atoms in total. The Balaban J connectivity index is 1.52. The zero-order valence-corrected chi connectivity index (χ0v) is 17.7. The fraction of sp³-hybridized carbons (Fsp3) is 0.292. The summed E-state index contributed by atoms with van der Waals surface area (Å²) in [5, 5.41) is 7.02. The average Bonchev–Trinajstić information content (AvgIpc) is 2.79. The normalized spacial score (nSPS) is 17.0. The van der Waals surface area contributed by atoms with E-state index in [1.54, 1.807) is 6.07 Å². The van der Waals surface area contributed by atoms with Gasteiger partial charge < -0.3 is 21.1 Å². The van der Waals surface area contributed by atoms with E-state index in [1.807, 2.05) is 37.4 Å². The fourth-order valence-corrected chi connectivity index (χ4v) is 3.71. The van der Waals surface area contributed by atoms with Crippen molar-refractivity contribution in [1.29, 1.82) is 0 Å². The number of benzene rings is 1. The first kappa shape index (κ1) is 20.8. The molecule has 1 aliphatic rings. The lowest BCUT2D eigenvalue weighted by Gasteiger charge is -2.34. The minimum atomic E-state index is -0.511. The Hall–Kier alpha value is -3.45. The molecule has 1 amide bonds. The van der Waals surface area contributed by atoms with Gasteiger partial charge in [0.15, 0.2) is 0 Å². The van der Waals surface area contributed by atoms with E-state index in [4.69, 9.17) is 10.5 Å². The second-order valence-corrected chi connectivity index (χ2v) is 7.91. The van der Waals surface area contributed by atoms with Crippen molar-refractivity contribution in [1.82, 2.24) is 15.3 Å². The van der Waals surface area contributed by atoms with Crippen LogP contribution in [-0.4, -0.2) is 35.1 Å². The lowest BCUT2D eigenvalue weighted by atomic mass is 9.97. The van der Waals surface area contributed by atoms with Crippen LogP contribution in [0.4, 0.5) is 5.69 Å². The summed E-state index contributed by atoms with van der Waals surface area (Å²) in [6.07, 6.45) is 3.21. The van der Waals surface area contributed by atoms with Gasteiger partial charge in [0.1, 0.15) is 6.10 Å². The number of pyridine rings is 2. The number of anilines is 1. The van der Waals surface area contributed by atoms with Crippen LogP contribution in [0.2, 0.25) is 0 Å². The Morgan fingerprint density at radius 2 is 2.00 bits per heavy atom. The van der Waals surface area contributed by atoms with Crippen molar-refractivity contribution in [2.45, 2.75) is 31.9 Å². The van der Waals surface area contributed by atoms with Gasteiger partial charge in [-0.15, -0.1) is 0 Å². The second kappa shape index (κ2) is 9.14. The van der Waals surface area contributed by atoms with Crippen LogP contribution in [0.5, 0.6) is 5.88 Å². The molecule has 2 aromatic heterocycles. The van der Waals surface area contributed by atoms with Crippen LogP contribution in [-0.2, 0) is 0 Å². The Labute approximate surface area is 182 Å². The number of amides is 1. The molecule has 1 aromatic carbocycles. The van der Waals surface area contributed by atoms with E-state index in [2.05, 4.69) is 45.7 Å². The first-order valence-electron chi connectivity index (χ1n) is 10.4. The monoisotopic (exact) mass is 417 g/mol. The van der Waals surface area contributed by atoms with Gasteiger partial charge in [-0.3, -0.25) is 9.78 Å². The third kappa shape index (κ3) is 4.83. The highest BCUT2D eigenvalue weighted by molar-refractivity contribution is 5.93. The van der Waals surface area contributed by atoms with Crippen LogP contribution in [0, 0.1) is 6.92 Å². The Kier molecular flexibility index (Phi) is 6.13. The highest BCUT2D eigenvalue weighted by atomic mass is 16.5. The minimum absolute atomic E-state index is 0.0414. The standard InChI is InChI=1S/C24H27N5O2/c1-15(18-9-8-16(2)26-12-18)11-28-22(17-6-4-3-5-7-17)21-14-27-20-10-19(23(25)30)13-29-24(20)31-21/h3-10,12-13,15,21-22,27-28H,11,14H2,1-2H3,(H2,25,30)/t15-,21+,22-/m1/s1. The fourth-order valence-electron chi connectivity index (χ4n) is 3.71. The van der Waals surface area contributed by atoms with Crippen molar-refractivity contribution in [3.05, 3.63) is 83.3 Å². The van der Waals surface area contributed by atoms with E-state index in [1.165, 1.54) is 11.8 Å². The van der Waals surface area contributed by atoms with E-state index in [0.717, 1.165) is 17.8 Å². The van der Waals surface area contributed by atoms with Gasteiger partial charge in [-0.25, -0.2) is 4.98 Å². The van der Waals surface area contributed by atoms with Crippen LogP contribution < -0.4 is 21.1 Å². The van der Waals surface area contributed by atoms with Crippen LogP contribution in [0.3, 0.4) is 0 Å². The number of aromatic nitrogens is 2. The van der Waals surface area contributed by atoms with Gasteiger partial charge in [0.25, 0.3) is 0 Å². The van der Waals surface area contributed by atoms with Crippen LogP contribution in [0.25, 0.3) is 0 Å². The number of primary amides is 1. The molecule has 160 valence electrons. The molecule has 0 saturated heterocycles. The predicted molar refractivity (Wildman–Crippen MR) is 120 cm³/mol. The molecule has 0 bridgehead atoms. The average molecular weight is 418 g/mol. The van der Waals surface area contributed by atoms with Gasteiger partial charge in [0.2, 0.25) is 11.8 Å². The second-order valence-electron chi connectivity index (χ2n) is 7.91. The maximum atomic E-state index is 11.4. The molecule has 0 spiro atoms. The summed E-state index contributed by atoms with van der Waals surface area (Å²) in [5.74, 6) is 0.252. The number of carbonyl (C=O) groups is 1. The topological polar surface area (TPSA) is 102 Å². The molecule has 0 saturated carbocycles. The minimum Gasteiger partial charge on any atom is -0.469 e. The van der Waals surface area contributed by atoms with Gasteiger partial charge in [-0.1, -0.05) is 43.3 Å². The van der Waals surface area contributed by atoms with Gasteiger partial charge in [-0.05, 0) is 36.1 Å². The molecule has 0 radical (unpaired) electrons. The largest absolute Gasteiger partial charge is 0.469 e. The lowest BCUT2D eigenvalue weighted by molar-refractivity contribution is 0.0999. The third-order valence-corrected chi connectivity index (χ3v) is 5.57. The number of nitrogens with zero attached hydrogens (tertiary/aromatic N) is 2. The summed E-state index contributed by atoms with van der Waals surface area (Å²) < 4.78 is 6.24. The maximum Gasteiger partial charge on any atom is 0.250 e. The summed E-state index contributed by atoms with van der Waals surface area (Å²) >= 11 is 0. The zero-order chi connectivity index (χ0) is 21.8. The Morgan fingerprint density at radius 3 is 2.71 bits per heavy atom. The highest BCUT2D eigenvalue weighted by Gasteiger charge is 2.30. The predicted octanol–water partition coefficient (Wildman–Crippen LogP) is 3.19. The molecule has 3 atom stereocenters. The maximum absolute atomic E-state index is 11.4. The number of nitrogens with two attached hydrogens (primary N) is 1. The van der Waals surface area contributed by atoms with Crippen molar-refractivity contribution in [3.8, 4) is 5.88 Å². The number of ether oxygens (including phenoxy) is 1. The first-order chi connectivity index (χ1) is 15.0. The van der Waals surface area contributed by atoms with E-state index in [-0.39, 0.29) is 12.1 Å². The molecule has 3 heterocycles. The van der Waals surface area contributed by atoms with Crippen molar-refractivity contribution >= 4 is 11.6 Å². The zero-order valence-electron chi connectivity index (χ0n) is 17.7. The molecular weight excluding hydrogens is 390 g/mol. The Morgan fingerprint density at radius 1 is 1.19 bits per heavy atom. The number of hydrogen-bond acceptors (Lipinski definition) is 6. The van der Waals surface area contributed by atoms with Crippen LogP contribution in [0.1, 0.15) is 46.1 Å². The van der Waals surface area contributed by atoms with E-state index < -0.39 is 5.91 Å². The number of nitrogens with one attached hydrogen (secondary N) is 2. The van der Waals surface area contributed by atoms with E-state index in [9.17, 15) is 4.79 Å². The number of hydrogen-bond donors (Lipinski definition) is 3. The number of carbonyl (C=O) groups excluding carboxylic acids is 1. The molecule has 1 aliphatic heterocycles. The SMILES string of the molecule is Cc1ccc([C@H](C)CN[C@H](c2ccccc2)[C@@H]2CNc3cc(C(N)=O)cnc3O2)cn1.